The minimum atomic E-state index is 0.642. The minimum Gasteiger partial charge on any atom is -0.298 e. The summed E-state index contributed by atoms with van der Waals surface area (Å²) in [6.45, 7) is 0. The molecule has 0 radical (unpaired) electrons. The molecule has 0 aliphatic rings. The quantitative estimate of drug-likeness (QED) is 0.777. The number of hydrogen-bond donors (Lipinski definition) is 0. The SMILES string of the molecule is O=Cc1cccc(Br)c1-c1ccccn1. The van der Waals surface area contributed by atoms with Crippen molar-refractivity contribution in [3.63, 3.8) is 0 Å². The van der Waals surface area contributed by atoms with Crippen LogP contribution < -0.4 is 0 Å². The third kappa shape index (κ3) is 1.97. The third-order valence-corrected chi connectivity index (χ3v) is 2.75. The Bertz CT molecular complexity index is 482. The molecule has 0 aliphatic carbocycles. The van der Waals surface area contributed by atoms with E-state index < -0.39 is 0 Å². The van der Waals surface area contributed by atoms with Crippen LogP contribution in [0.1, 0.15) is 10.4 Å². The maximum absolute atomic E-state index is 10.9. The second-order valence-electron chi connectivity index (χ2n) is 3.04. The van der Waals surface area contributed by atoms with Crippen molar-refractivity contribution in [3.05, 3.63) is 52.6 Å². The van der Waals surface area contributed by atoms with Gasteiger partial charge in [-0.1, -0.05) is 34.1 Å². The van der Waals surface area contributed by atoms with E-state index in [2.05, 4.69) is 20.9 Å². The number of pyridine rings is 1. The van der Waals surface area contributed by atoms with Gasteiger partial charge < -0.3 is 0 Å². The van der Waals surface area contributed by atoms with Crippen LogP contribution in [0.2, 0.25) is 0 Å². The highest BCUT2D eigenvalue weighted by Gasteiger charge is 2.08. The lowest BCUT2D eigenvalue weighted by atomic mass is 10.1. The van der Waals surface area contributed by atoms with Gasteiger partial charge in [-0.3, -0.25) is 9.78 Å². The molecule has 2 rings (SSSR count). The number of aldehydes is 1. The van der Waals surface area contributed by atoms with Crippen LogP contribution in [-0.2, 0) is 0 Å². The molecule has 0 unspecified atom stereocenters. The summed E-state index contributed by atoms with van der Waals surface area (Å²) in [6.07, 6.45) is 2.55. The van der Waals surface area contributed by atoms with E-state index in [-0.39, 0.29) is 0 Å². The van der Waals surface area contributed by atoms with Crippen LogP contribution in [0.25, 0.3) is 11.3 Å². The zero-order valence-electron chi connectivity index (χ0n) is 7.85. The van der Waals surface area contributed by atoms with E-state index in [4.69, 9.17) is 0 Å². The predicted octanol–water partition coefficient (Wildman–Crippen LogP) is 3.32. The maximum Gasteiger partial charge on any atom is 0.150 e. The van der Waals surface area contributed by atoms with Gasteiger partial charge in [0.25, 0.3) is 0 Å². The van der Waals surface area contributed by atoms with Gasteiger partial charge in [0.15, 0.2) is 6.29 Å². The number of nitrogens with zero attached hydrogens (tertiary/aromatic N) is 1. The highest BCUT2D eigenvalue weighted by molar-refractivity contribution is 9.10. The standard InChI is InChI=1S/C12H8BrNO/c13-10-5-3-4-9(8-15)12(10)11-6-1-2-7-14-11/h1-8H. The fourth-order valence-corrected chi connectivity index (χ4v) is 2.00. The van der Waals surface area contributed by atoms with E-state index in [9.17, 15) is 4.79 Å². The normalized spacial score (nSPS) is 9.93. The van der Waals surface area contributed by atoms with E-state index in [1.54, 1.807) is 12.3 Å². The first kappa shape index (κ1) is 10.1. The molecule has 0 aliphatic heterocycles. The first-order valence-corrected chi connectivity index (χ1v) is 5.27. The highest BCUT2D eigenvalue weighted by Crippen LogP contribution is 2.29. The van der Waals surface area contributed by atoms with Gasteiger partial charge in [0.1, 0.15) is 0 Å². The topological polar surface area (TPSA) is 30.0 Å². The molecule has 15 heavy (non-hydrogen) atoms. The summed E-state index contributed by atoms with van der Waals surface area (Å²) in [5, 5.41) is 0. The molecular formula is C12H8BrNO. The molecule has 2 aromatic rings. The molecular weight excluding hydrogens is 254 g/mol. The molecule has 0 saturated heterocycles. The second kappa shape index (κ2) is 4.36. The number of carbonyl (C=O) groups is 1. The van der Waals surface area contributed by atoms with Crippen LogP contribution in [0.15, 0.2) is 47.1 Å². The molecule has 0 bridgehead atoms. The second-order valence-corrected chi connectivity index (χ2v) is 3.89. The van der Waals surface area contributed by atoms with Crippen LogP contribution in [0, 0.1) is 0 Å². The lowest BCUT2D eigenvalue weighted by Crippen LogP contribution is -1.90. The Hall–Kier alpha value is -1.48. The van der Waals surface area contributed by atoms with Gasteiger partial charge >= 0.3 is 0 Å². The van der Waals surface area contributed by atoms with Crippen molar-refractivity contribution < 1.29 is 4.79 Å². The van der Waals surface area contributed by atoms with Crippen LogP contribution in [0.4, 0.5) is 0 Å². The van der Waals surface area contributed by atoms with Crippen LogP contribution in [0.3, 0.4) is 0 Å². The molecule has 2 nitrogen and oxygen atoms in total. The van der Waals surface area contributed by atoms with Crippen LogP contribution >= 0.6 is 15.9 Å². The number of rotatable bonds is 2. The summed E-state index contributed by atoms with van der Waals surface area (Å²) >= 11 is 3.43. The van der Waals surface area contributed by atoms with E-state index in [1.165, 1.54) is 0 Å². The minimum absolute atomic E-state index is 0.642. The number of aromatic nitrogens is 1. The molecule has 0 fully saturated rings. The predicted molar refractivity (Wildman–Crippen MR) is 62.8 cm³/mol. The van der Waals surface area contributed by atoms with E-state index in [0.29, 0.717) is 5.56 Å². The van der Waals surface area contributed by atoms with Crippen LogP contribution in [0.5, 0.6) is 0 Å². The summed E-state index contributed by atoms with van der Waals surface area (Å²) in [7, 11) is 0. The van der Waals surface area contributed by atoms with Crippen molar-refractivity contribution in [3.8, 4) is 11.3 Å². The average molecular weight is 262 g/mol. The van der Waals surface area contributed by atoms with Gasteiger partial charge in [0.05, 0.1) is 5.69 Å². The summed E-state index contributed by atoms with van der Waals surface area (Å²) in [6, 6.07) is 11.1. The lowest BCUT2D eigenvalue weighted by molar-refractivity contribution is 0.112. The molecule has 0 amide bonds. The van der Waals surface area contributed by atoms with Crippen molar-refractivity contribution in [2.24, 2.45) is 0 Å². The number of hydrogen-bond acceptors (Lipinski definition) is 2. The molecule has 0 atom stereocenters. The molecule has 0 spiro atoms. The van der Waals surface area contributed by atoms with Gasteiger partial charge in [0, 0.05) is 21.8 Å². The molecule has 1 aromatic carbocycles. The monoisotopic (exact) mass is 261 g/mol. The first-order valence-electron chi connectivity index (χ1n) is 4.48. The largest absolute Gasteiger partial charge is 0.298 e. The highest BCUT2D eigenvalue weighted by atomic mass is 79.9. The molecule has 1 aromatic heterocycles. The van der Waals surface area contributed by atoms with Gasteiger partial charge in [-0.15, -0.1) is 0 Å². The Kier molecular flexibility index (Phi) is 2.92. The van der Waals surface area contributed by atoms with Crippen LogP contribution in [-0.4, -0.2) is 11.3 Å². The molecule has 1 heterocycles. The third-order valence-electron chi connectivity index (χ3n) is 2.09. The molecule has 74 valence electrons. The maximum atomic E-state index is 10.9. The van der Waals surface area contributed by atoms with Crippen molar-refractivity contribution in [1.29, 1.82) is 0 Å². The van der Waals surface area contributed by atoms with Gasteiger partial charge in [0.2, 0.25) is 0 Å². The number of benzene rings is 1. The Balaban J connectivity index is 2.66. The Labute approximate surface area is 96.1 Å². The Morgan fingerprint density at radius 2 is 2.00 bits per heavy atom. The van der Waals surface area contributed by atoms with E-state index in [1.807, 2.05) is 30.3 Å². The number of carbonyl (C=O) groups excluding carboxylic acids is 1. The van der Waals surface area contributed by atoms with Gasteiger partial charge in [-0.2, -0.15) is 0 Å². The molecule has 0 N–H and O–H groups in total. The Morgan fingerprint density at radius 3 is 2.67 bits per heavy atom. The fourth-order valence-electron chi connectivity index (χ4n) is 1.42. The summed E-state index contributed by atoms with van der Waals surface area (Å²) < 4.78 is 0.880. The smallest absolute Gasteiger partial charge is 0.150 e. The van der Waals surface area contributed by atoms with Crippen molar-refractivity contribution in [2.75, 3.05) is 0 Å². The zero-order chi connectivity index (χ0) is 10.7. The van der Waals surface area contributed by atoms with Gasteiger partial charge in [-0.25, -0.2) is 0 Å². The van der Waals surface area contributed by atoms with Crippen molar-refractivity contribution >= 4 is 22.2 Å². The fraction of sp³-hybridized carbons (Fsp3) is 0. The zero-order valence-corrected chi connectivity index (χ0v) is 9.44. The van der Waals surface area contributed by atoms with Gasteiger partial charge in [-0.05, 0) is 18.2 Å². The van der Waals surface area contributed by atoms with E-state index >= 15 is 0 Å². The molecule has 0 saturated carbocycles. The average Bonchev–Trinajstić information content (AvgIpc) is 2.29. The van der Waals surface area contributed by atoms with E-state index in [0.717, 1.165) is 22.0 Å². The van der Waals surface area contributed by atoms with Crippen molar-refractivity contribution in [1.82, 2.24) is 4.98 Å². The summed E-state index contributed by atoms with van der Waals surface area (Å²) in [5.74, 6) is 0. The molecule has 3 heteroatoms. The summed E-state index contributed by atoms with van der Waals surface area (Å²) in [4.78, 5) is 15.1. The van der Waals surface area contributed by atoms with Crippen molar-refractivity contribution in [2.45, 2.75) is 0 Å². The lowest BCUT2D eigenvalue weighted by Gasteiger charge is -2.05. The Morgan fingerprint density at radius 1 is 1.13 bits per heavy atom. The summed E-state index contributed by atoms with van der Waals surface area (Å²) in [5.41, 5.74) is 2.28. The first-order chi connectivity index (χ1) is 7.33. The number of halogens is 1.